The number of nitro benzene ring substituents is 1. The number of anilines is 2. The van der Waals surface area contributed by atoms with Crippen molar-refractivity contribution in [2.24, 2.45) is 0 Å². The molecule has 0 spiro atoms. The van der Waals surface area contributed by atoms with Gasteiger partial charge in [-0.2, -0.15) is 0 Å². The van der Waals surface area contributed by atoms with Crippen molar-refractivity contribution < 1.29 is 9.31 Å². The number of pyridine rings is 1. The highest BCUT2D eigenvalue weighted by atomic mass is 19.1. The van der Waals surface area contributed by atoms with Crippen LogP contribution in [0.3, 0.4) is 0 Å². The van der Waals surface area contributed by atoms with Gasteiger partial charge in [0.2, 0.25) is 0 Å². The molecule has 132 valence electrons. The van der Waals surface area contributed by atoms with E-state index < -0.39 is 10.7 Å². The number of nitrogens with one attached hydrogen (secondary N) is 1. The molecule has 1 N–H and O–H groups in total. The molecule has 0 aliphatic heterocycles. The summed E-state index contributed by atoms with van der Waals surface area (Å²) in [5.74, 6) is 0.124. The molecule has 0 saturated heterocycles. The Labute approximate surface area is 152 Å². The molecule has 0 bridgehead atoms. The third kappa shape index (κ3) is 3.28. The molecule has 0 unspecified atom stereocenters. The third-order valence-corrected chi connectivity index (χ3v) is 3.93. The number of para-hydroxylation sites is 1. The Kier molecular flexibility index (Phi) is 4.13. The van der Waals surface area contributed by atoms with Gasteiger partial charge in [-0.25, -0.2) is 14.4 Å². The number of fused-ring (bicyclic) bond motifs is 1. The van der Waals surface area contributed by atoms with Gasteiger partial charge in [0.1, 0.15) is 17.3 Å². The largest absolute Gasteiger partial charge is 0.334 e. The molecule has 8 heteroatoms. The topological polar surface area (TPSA) is 93.8 Å². The van der Waals surface area contributed by atoms with Crippen molar-refractivity contribution in [2.75, 3.05) is 5.32 Å². The monoisotopic (exact) mass is 361 g/mol. The van der Waals surface area contributed by atoms with Gasteiger partial charge in [-0.05, 0) is 36.4 Å². The SMILES string of the molecule is O=[N+]([O-])c1cc(F)ccc1Nc1nc(-c2cccnc2)nc2ccccc12. The zero-order valence-electron chi connectivity index (χ0n) is 13.8. The van der Waals surface area contributed by atoms with Gasteiger partial charge in [-0.15, -0.1) is 0 Å². The van der Waals surface area contributed by atoms with Crippen molar-refractivity contribution in [2.45, 2.75) is 0 Å². The van der Waals surface area contributed by atoms with Crippen LogP contribution in [0.15, 0.2) is 67.0 Å². The Morgan fingerprint density at radius 3 is 2.67 bits per heavy atom. The van der Waals surface area contributed by atoms with E-state index in [-0.39, 0.29) is 11.4 Å². The quantitative estimate of drug-likeness (QED) is 0.425. The van der Waals surface area contributed by atoms with E-state index in [2.05, 4.69) is 20.3 Å². The molecule has 0 radical (unpaired) electrons. The van der Waals surface area contributed by atoms with Gasteiger partial charge < -0.3 is 5.32 Å². The molecular formula is C19H12FN5O2. The molecule has 4 rings (SSSR count). The van der Waals surface area contributed by atoms with Crippen molar-refractivity contribution in [3.05, 3.63) is 82.9 Å². The van der Waals surface area contributed by atoms with Gasteiger partial charge in [0, 0.05) is 23.3 Å². The van der Waals surface area contributed by atoms with Gasteiger partial charge in [0.25, 0.3) is 5.69 Å². The average molecular weight is 361 g/mol. The summed E-state index contributed by atoms with van der Waals surface area (Å²) >= 11 is 0. The second-order valence-corrected chi connectivity index (χ2v) is 5.70. The van der Waals surface area contributed by atoms with Crippen LogP contribution in [0, 0.1) is 15.9 Å². The zero-order chi connectivity index (χ0) is 18.8. The van der Waals surface area contributed by atoms with E-state index in [9.17, 15) is 14.5 Å². The minimum absolute atomic E-state index is 0.141. The standard InChI is InChI=1S/C19H12FN5O2/c20-13-7-8-16(17(10-13)25(26)27)23-19-14-5-1-2-6-15(14)22-18(24-19)12-4-3-9-21-11-12/h1-11H,(H,22,23,24). The Morgan fingerprint density at radius 1 is 1.04 bits per heavy atom. The molecule has 2 heterocycles. The molecule has 7 nitrogen and oxygen atoms in total. The summed E-state index contributed by atoms with van der Waals surface area (Å²) < 4.78 is 13.4. The van der Waals surface area contributed by atoms with Gasteiger partial charge >= 0.3 is 0 Å². The lowest BCUT2D eigenvalue weighted by atomic mass is 10.2. The predicted molar refractivity (Wildman–Crippen MR) is 99.1 cm³/mol. The average Bonchev–Trinajstić information content (AvgIpc) is 2.69. The minimum atomic E-state index is -0.684. The number of rotatable bonds is 4. The first kappa shape index (κ1) is 16.5. The Morgan fingerprint density at radius 2 is 1.89 bits per heavy atom. The first-order valence-corrected chi connectivity index (χ1v) is 8.00. The first-order valence-electron chi connectivity index (χ1n) is 8.00. The summed E-state index contributed by atoms with van der Waals surface area (Å²) in [5, 5.41) is 14.9. The molecule has 4 aromatic rings. The summed E-state index contributed by atoms with van der Waals surface area (Å²) in [4.78, 5) is 23.7. The second-order valence-electron chi connectivity index (χ2n) is 5.70. The van der Waals surface area contributed by atoms with Crippen LogP contribution in [0.5, 0.6) is 0 Å². The first-order chi connectivity index (χ1) is 13.1. The van der Waals surface area contributed by atoms with Crippen molar-refractivity contribution >= 4 is 28.1 Å². The van der Waals surface area contributed by atoms with Gasteiger partial charge in [-0.1, -0.05) is 12.1 Å². The van der Waals surface area contributed by atoms with Gasteiger partial charge in [0.15, 0.2) is 5.82 Å². The van der Waals surface area contributed by atoms with Crippen LogP contribution >= 0.6 is 0 Å². The molecule has 0 fully saturated rings. The molecule has 0 aliphatic rings. The highest BCUT2D eigenvalue weighted by Crippen LogP contribution is 2.31. The Bertz CT molecular complexity index is 1150. The van der Waals surface area contributed by atoms with Crippen LogP contribution in [0.4, 0.5) is 21.6 Å². The maximum atomic E-state index is 13.4. The van der Waals surface area contributed by atoms with Crippen molar-refractivity contribution in [1.29, 1.82) is 0 Å². The van der Waals surface area contributed by atoms with E-state index in [1.807, 2.05) is 24.3 Å². The van der Waals surface area contributed by atoms with Crippen LogP contribution in [0.1, 0.15) is 0 Å². The molecule has 0 saturated carbocycles. The Balaban J connectivity index is 1.88. The summed E-state index contributed by atoms with van der Waals surface area (Å²) in [6.45, 7) is 0. The maximum Gasteiger partial charge on any atom is 0.295 e. The van der Waals surface area contributed by atoms with Gasteiger partial charge in [-0.3, -0.25) is 15.1 Å². The van der Waals surface area contributed by atoms with Crippen LogP contribution < -0.4 is 5.32 Å². The van der Waals surface area contributed by atoms with Crippen LogP contribution in [0.25, 0.3) is 22.3 Å². The minimum Gasteiger partial charge on any atom is -0.334 e. The van der Waals surface area contributed by atoms with Crippen LogP contribution in [0.2, 0.25) is 0 Å². The molecule has 0 atom stereocenters. The van der Waals surface area contributed by atoms with Crippen molar-refractivity contribution in [3.8, 4) is 11.4 Å². The lowest BCUT2D eigenvalue weighted by Crippen LogP contribution is -2.02. The number of halogens is 1. The molecular weight excluding hydrogens is 349 g/mol. The molecule has 2 aromatic heterocycles. The number of hydrogen-bond donors (Lipinski definition) is 1. The number of nitro groups is 1. The van der Waals surface area contributed by atoms with E-state index in [0.717, 1.165) is 12.1 Å². The lowest BCUT2D eigenvalue weighted by Gasteiger charge is -2.11. The highest BCUT2D eigenvalue weighted by Gasteiger charge is 2.17. The molecule has 27 heavy (non-hydrogen) atoms. The number of nitrogens with zero attached hydrogens (tertiary/aromatic N) is 4. The predicted octanol–water partition coefficient (Wildman–Crippen LogP) is 4.48. The zero-order valence-corrected chi connectivity index (χ0v) is 13.8. The summed E-state index contributed by atoms with van der Waals surface area (Å²) in [6, 6.07) is 14.2. The molecule has 0 aliphatic carbocycles. The summed E-state index contributed by atoms with van der Waals surface area (Å²) in [5.41, 5.74) is 1.14. The highest BCUT2D eigenvalue weighted by molar-refractivity contribution is 5.92. The fourth-order valence-electron chi connectivity index (χ4n) is 2.69. The van der Waals surface area contributed by atoms with Crippen LogP contribution in [-0.2, 0) is 0 Å². The van der Waals surface area contributed by atoms with E-state index in [0.29, 0.717) is 28.1 Å². The molecule has 2 aromatic carbocycles. The smallest absolute Gasteiger partial charge is 0.295 e. The fourth-order valence-corrected chi connectivity index (χ4v) is 2.69. The van der Waals surface area contributed by atoms with E-state index in [1.165, 1.54) is 6.07 Å². The lowest BCUT2D eigenvalue weighted by molar-refractivity contribution is -0.384. The summed E-state index contributed by atoms with van der Waals surface area (Å²) in [7, 11) is 0. The fraction of sp³-hybridized carbons (Fsp3) is 0. The van der Waals surface area contributed by atoms with Crippen molar-refractivity contribution in [3.63, 3.8) is 0 Å². The van der Waals surface area contributed by atoms with Crippen molar-refractivity contribution in [1.82, 2.24) is 15.0 Å². The van der Waals surface area contributed by atoms with E-state index >= 15 is 0 Å². The number of benzene rings is 2. The second kappa shape index (κ2) is 6.75. The third-order valence-electron chi connectivity index (χ3n) is 3.93. The maximum absolute atomic E-state index is 13.4. The molecule has 0 amide bonds. The summed E-state index contributed by atoms with van der Waals surface area (Å²) in [6.07, 6.45) is 3.28. The number of hydrogen-bond acceptors (Lipinski definition) is 6. The van der Waals surface area contributed by atoms with E-state index in [4.69, 9.17) is 0 Å². The van der Waals surface area contributed by atoms with Gasteiger partial charge in [0.05, 0.1) is 16.5 Å². The number of aromatic nitrogens is 3. The van der Waals surface area contributed by atoms with Crippen LogP contribution in [-0.4, -0.2) is 19.9 Å². The van der Waals surface area contributed by atoms with E-state index in [1.54, 1.807) is 24.5 Å². The Hall–Kier alpha value is -3.94. The normalized spacial score (nSPS) is 10.7.